The van der Waals surface area contributed by atoms with Gasteiger partial charge in [0.15, 0.2) is 0 Å². The van der Waals surface area contributed by atoms with Crippen LogP contribution in [0.5, 0.6) is 0 Å². The highest BCUT2D eigenvalue weighted by molar-refractivity contribution is 5.92. The van der Waals surface area contributed by atoms with E-state index >= 15 is 0 Å². The first-order chi connectivity index (χ1) is 8.21. The summed E-state index contributed by atoms with van der Waals surface area (Å²) >= 11 is 0. The zero-order chi connectivity index (χ0) is 11.9. The lowest BCUT2D eigenvalue weighted by atomic mass is 9.63. The smallest absolute Gasteiger partial charge is 0.144 e. The van der Waals surface area contributed by atoms with Gasteiger partial charge in [0.1, 0.15) is 5.78 Å². The first kappa shape index (κ1) is 11.7. The number of Topliss-reactive ketones (excluding diaryl/α,β-unsaturated/α-hetero) is 1. The maximum absolute atomic E-state index is 11.9. The van der Waals surface area contributed by atoms with Crippen LogP contribution in [0.25, 0.3) is 0 Å². The van der Waals surface area contributed by atoms with Gasteiger partial charge in [0, 0.05) is 6.42 Å². The van der Waals surface area contributed by atoms with Crippen LogP contribution in [0.3, 0.4) is 0 Å². The average molecular weight is 236 g/mol. The largest absolute Gasteiger partial charge is 0.373 e. The molecule has 0 aromatic heterocycles. The summed E-state index contributed by atoms with van der Waals surface area (Å²) in [6.07, 6.45) is 11.1. The molecule has 0 heterocycles. The average Bonchev–Trinajstić information content (AvgIpc) is 2.83. The Morgan fingerprint density at radius 2 is 1.76 bits per heavy atom. The number of rotatable bonds is 2. The van der Waals surface area contributed by atoms with Crippen LogP contribution in [0, 0.1) is 11.3 Å². The highest BCUT2D eigenvalue weighted by Crippen LogP contribution is 2.52. The van der Waals surface area contributed by atoms with Gasteiger partial charge >= 0.3 is 0 Å². The van der Waals surface area contributed by atoms with E-state index in [0.717, 1.165) is 18.8 Å². The summed E-state index contributed by atoms with van der Waals surface area (Å²) in [4.78, 5) is 11.9. The van der Waals surface area contributed by atoms with Crippen LogP contribution >= 0.6 is 0 Å². The Kier molecular flexibility index (Phi) is 3.02. The summed E-state index contributed by atoms with van der Waals surface area (Å²) in [6, 6.07) is 0. The molecule has 3 saturated carbocycles. The molecular formula is C15H24O2. The summed E-state index contributed by atoms with van der Waals surface area (Å²) in [5, 5.41) is 0. The van der Waals surface area contributed by atoms with E-state index in [0.29, 0.717) is 18.3 Å². The van der Waals surface area contributed by atoms with E-state index in [-0.39, 0.29) is 11.5 Å². The van der Waals surface area contributed by atoms with Crippen molar-refractivity contribution in [2.45, 2.75) is 76.9 Å². The van der Waals surface area contributed by atoms with E-state index in [2.05, 4.69) is 6.92 Å². The van der Waals surface area contributed by atoms with Crippen LogP contribution in [0.2, 0.25) is 0 Å². The second-order valence-corrected chi connectivity index (χ2v) is 6.50. The Balaban J connectivity index is 1.57. The van der Waals surface area contributed by atoms with Crippen LogP contribution in [0.4, 0.5) is 0 Å². The number of carbonyl (C=O) groups excluding carboxylic acids is 1. The lowest BCUT2D eigenvalue weighted by Gasteiger charge is -2.47. The molecule has 3 fully saturated rings. The molecule has 2 heteroatoms. The molecular weight excluding hydrogens is 212 g/mol. The van der Waals surface area contributed by atoms with E-state index in [9.17, 15) is 4.79 Å². The van der Waals surface area contributed by atoms with Gasteiger partial charge in [-0.05, 0) is 44.4 Å². The SMILES string of the molecule is CC1CCC(OC2CC(=O)C23CCCC3)CC1. The van der Waals surface area contributed by atoms with E-state index in [1.54, 1.807) is 0 Å². The third-order valence-electron chi connectivity index (χ3n) is 5.36. The molecule has 0 saturated heterocycles. The van der Waals surface area contributed by atoms with Crippen molar-refractivity contribution in [2.24, 2.45) is 11.3 Å². The zero-order valence-electron chi connectivity index (χ0n) is 10.9. The molecule has 2 nitrogen and oxygen atoms in total. The van der Waals surface area contributed by atoms with Gasteiger partial charge in [0.05, 0.1) is 17.6 Å². The topological polar surface area (TPSA) is 26.3 Å². The summed E-state index contributed by atoms with van der Waals surface area (Å²) in [7, 11) is 0. The van der Waals surface area contributed by atoms with Crippen molar-refractivity contribution in [3.8, 4) is 0 Å². The lowest BCUT2D eigenvalue weighted by molar-refractivity contribution is -0.174. The zero-order valence-corrected chi connectivity index (χ0v) is 10.9. The van der Waals surface area contributed by atoms with E-state index in [1.165, 1.54) is 38.5 Å². The molecule has 0 aromatic rings. The maximum atomic E-state index is 11.9. The van der Waals surface area contributed by atoms with Crippen LogP contribution < -0.4 is 0 Å². The Bertz CT molecular complexity index is 296. The van der Waals surface area contributed by atoms with Crippen LogP contribution in [0.1, 0.15) is 64.7 Å². The van der Waals surface area contributed by atoms with Crippen molar-refractivity contribution in [2.75, 3.05) is 0 Å². The second-order valence-electron chi connectivity index (χ2n) is 6.50. The fourth-order valence-electron chi connectivity index (χ4n) is 4.00. The minimum absolute atomic E-state index is 0.0247. The monoisotopic (exact) mass is 236 g/mol. The normalized spacial score (nSPS) is 40.5. The molecule has 0 radical (unpaired) electrons. The Morgan fingerprint density at radius 1 is 1.12 bits per heavy atom. The predicted molar refractivity (Wildman–Crippen MR) is 66.8 cm³/mol. The van der Waals surface area contributed by atoms with Gasteiger partial charge in [-0.15, -0.1) is 0 Å². The minimum Gasteiger partial charge on any atom is -0.373 e. The fraction of sp³-hybridized carbons (Fsp3) is 0.933. The van der Waals surface area contributed by atoms with E-state index < -0.39 is 0 Å². The molecule has 1 atom stereocenters. The quantitative estimate of drug-likeness (QED) is 0.733. The maximum Gasteiger partial charge on any atom is 0.144 e. The number of hydrogen-bond donors (Lipinski definition) is 0. The Labute approximate surface area is 104 Å². The molecule has 3 rings (SSSR count). The molecule has 17 heavy (non-hydrogen) atoms. The molecule has 0 aromatic carbocycles. The van der Waals surface area contributed by atoms with Crippen molar-refractivity contribution in [1.82, 2.24) is 0 Å². The second kappa shape index (κ2) is 4.38. The van der Waals surface area contributed by atoms with Gasteiger partial charge in [-0.3, -0.25) is 4.79 Å². The molecule has 0 aliphatic heterocycles. The number of carbonyl (C=O) groups is 1. The highest BCUT2D eigenvalue weighted by atomic mass is 16.5. The van der Waals surface area contributed by atoms with Crippen LogP contribution in [0.15, 0.2) is 0 Å². The van der Waals surface area contributed by atoms with Gasteiger partial charge in [-0.25, -0.2) is 0 Å². The number of ether oxygens (including phenoxy) is 1. The number of hydrogen-bond acceptors (Lipinski definition) is 2. The molecule has 1 spiro atoms. The molecule has 3 aliphatic carbocycles. The van der Waals surface area contributed by atoms with Crippen molar-refractivity contribution >= 4 is 5.78 Å². The molecule has 0 bridgehead atoms. The highest BCUT2D eigenvalue weighted by Gasteiger charge is 2.57. The molecule has 0 N–H and O–H groups in total. The first-order valence-corrected chi connectivity index (χ1v) is 7.39. The van der Waals surface area contributed by atoms with Gasteiger partial charge in [0.2, 0.25) is 0 Å². The summed E-state index contributed by atoms with van der Waals surface area (Å²) in [5.74, 6) is 1.36. The fourth-order valence-corrected chi connectivity index (χ4v) is 4.00. The van der Waals surface area contributed by atoms with Crippen LogP contribution in [-0.4, -0.2) is 18.0 Å². The predicted octanol–water partition coefficient (Wildman–Crippen LogP) is 3.48. The lowest BCUT2D eigenvalue weighted by Crippen LogP contribution is -2.54. The summed E-state index contributed by atoms with van der Waals surface area (Å²) < 4.78 is 6.26. The number of ketones is 1. The third-order valence-corrected chi connectivity index (χ3v) is 5.36. The third kappa shape index (κ3) is 1.95. The van der Waals surface area contributed by atoms with Crippen LogP contribution in [-0.2, 0) is 9.53 Å². The van der Waals surface area contributed by atoms with Crippen molar-refractivity contribution in [3.05, 3.63) is 0 Å². The van der Waals surface area contributed by atoms with E-state index in [1.807, 2.05) is 0 Å². The first-order valence-electron chi connectivity index (χ1n) is 7.39. The standard InChI is InChI=1S/C15H24O2/c1-11-4-6-12(7-5-11)17-14-10-13(16)15(14)8-2-3-9-15/h11-12,14H,2-10H2,1H3. The van der Waals surface area contributed by atoms with Crippen molar-refractivity contribution < 1.29 is 9.53 Å². The molecule has 96 valence electrons. The van der Waals surface area contributed by atoms with E-state index in [4.69, 9.17) is 4.74 Å². The van der Waals surface area contributed by atoms with Gasteiger partial charge in [-0.2, -0.15) is 0 Å². The Morgan fingerprint density at radius 3 is 2.35 bits per heavy atom. The molecule has 3 aliphatic rings. The van der Waals surface area contributed by atoms with Gasteiger partial charge in [0.25, 0.3) is 0 Å². The Hall–Kier alpha value is -0.370. The molecule has 0 amide bonds. The van der Waals surface area contributed by atoms with Gasteiger partial charge < -0.3 is 4.74 Å². The summed E-state index contributed by atoms with van der Waals surface area (Å²) in [6.45, 7) is 2.33. The van der Waals surface area contributed by atoms with Crippen molar-refractivity contribution in [1.29, 1.82) is 0 Å². The van der Waals surface area contributed by atoms with Gasteiger partial charge in [-0.1, -0.05) is 19.8 Å². The summed E-state index contributed by atoms with van der Waals surface area (Å²) in [5.41, 5.74) is -0.0247. The molecule has 1 unspecified atom stereocenters. The van der Waals surface area contributed by atoms with Crippen molar-refractivity contribution in [3.63, 3.8) is 0 Å². The minimum atomic E-state index is -0.0247.